The summed E-state index contributed by atoms with van der Waals surface area (Å²) >= 11 is 1.25. The van der Waals surface area contributed by atoms with Crippen molar-refractivity contribution >= 4 is 38.8 Å². The molecule has 0 saturated heterocycles. The van der Waals surface area contributed by atoms with Gasteiger partial charge in [0.2, 0.25) is 0 Å². The molecule has 0 aliphatic rings. The number of aryl methyl sites for hydroxylation is 1. The minimum absolute atomic E-state index is 0. The number of thioether (sulfide) groups is 1. The van der Waals surface area contributed by atoms with Crippen molar-refractivity contribution in [3.8, 4) is 17.2 Å². The molecule has 13 heteroatoms. The van der Waals surface area contributed by atoms with E-state index in [0.29, 0.717) is 28.3 Å². The van der Waals surface area contributed by atoms with Crippen LogP contribution in [0.25, 0.3) is 11.0 Å². The number of carbonyl (C=O) groups is 1. The molecule has 1 N–H and O–H groups in total. The van der Waals surface area contributed by atoms with Crippen molar-refractivity contribution in [2.75, 3.05) is 20.8 Å². The molecule has 0 unspecified atom stereocenters. The number of fused-ring (bicyclic) bond motifs is 1. The number of aliphatic carboxylic acids is 1. The number of hydrogen-bond donors (Lipinski definition) is 1. The summed E-state index contributed by atoms with van der Waals surface area (Å²) in [5.41, 5.74) is 2.32. The van der Waals surface area contributed by atoms with E-state index in [1.54, 1.807) is 45.4 Å². The Kier molecular flexibility index (Phi) is 10.1. The predicted octanol–water partition coefficient (Wildman–Crippen LogP) is 2.20. The molecule has 0 fully saturated rings. The Morgan fingerprint density at radius 2 is 1.73 bits per heavy atom. The first-order chi connectivity index (χ1) is 18.9. The zero-order valence-electron chi connectivity index (χ0n) is 25.1. The third kappa shape index (κ3) is 6.67. The van der Waals surface area contributed by atoms with Crippen LogP contribution in [0.1, 0.15) is 32.1 Å². The van der Waals surface area contributed by atoms with Gasteiger partial charge in [-0.3, -0.25) is 9.78 Å². The third-order valence-electron chi connectivity index (χ3n) is 6.42. The Morgan fingerprint density at radius 3 is 2.34 bits per heavy atom. The fourth-order valence-corrected chi connectivity index (χ4v) is 6.69. The number of benzene rings is 2. The summed E-state index contributed by atoms with van der Waals surface area (Å²) in [6.45, 7) is 6.87. The number of hydrogen-bond acceptors (Lipinski definition) is 9. The molecule has 4 aromatic rings. The smallest absolute Gasteiger partial charge is 1.00 e. The predicted molar refractivity (Wildman–Crippen MR) is 153 cm³/mol. The van der Waals surface area contributed by atoms with Crippen LogP contribution in [-0.4, -0.2) is 54.3 Å². The van der Waals surface area contributed by atoms with Gasteiger partial charge in [-0.25, -0.2) is 17.4 Å². The van der Waals surface area contributed by atoms with E-state index in [1.165, 1.54) is 47.1 Å². The number of carboxylic acid groups (broad SMARTS) is 1. The maximum atomic E-state index is 13.9. The standard InChI is InChI=1S/C28H31N3O7S2.Li.H/c1-17-14-29-23(18(2)25(17)37-6)15-39-27-30-22-13-20(36-5)9-12-24(22)31(27)40(34,35)21-10-7-19(8-11-21)38-16-28(3,4)26(32)33;;/h7-14H,15-16H2,1-6H3,(H,32,33);;/q;+1;-1. The maximum absolute atomic E-state index is 13.9. The molecule has 0 amide bonds. The van der Waals surface area contributed by atoms with Gasteiger partial charge >= 0.3 is 24.8 Å². The van der Waals surface area contributed by atoms with Crippen molar-refractivity contribution in [1.29, 1.82) is 0 Å². The van der Waals surface area contributed by atoms with Crippen LogP contribution < -0.4 is 33.1 Å². The third-order valence-corrected chi connectivity index (χ3v) is 9.20. The van der Waals surface area contributed by atoms with Gasteiger partial charge in [-0.15, -0.1) is 0 Å². The quantitative estimate of drug-likeness (QED) is 0.204. The Balaban J connectivity index is 0.00000308. The van der Waals surface area contributed by atoms with Gasteiger partial charge in [-0.1, -0.05) is 11.8 Å². The van der Waals surface area contributed by atoms with Crippen molar-refractivity contribution in [1.82, 2.24) is 13.9 Å². The van der Waals surface area contributed by atoms with E-state index in [0.717, 1.165) is 22.6 Å². The first-order valence-electron chi connectivity index (χ1n) is 12.3. The monoisotopic (exact) mass is 593 g/mol. The number of nitrogens with zero attached hydrogens (tertiary/aromatic N) is 3. The summed E-state index contributed by atoms with van der Waals surface area (Å²) in [7, 11) is -0.943. The number of imidazole rings is 1. The van der Waals surface area contributed by atoms with Gasteiger partial charge in [-0.2, -0.15) is 0 Å². The summed E-state index contributed by atoms with van der Waals surface area (Å²) in [5, 5.41) is 9.57. The normalized spacial score (nSPS) is 11.7. The number of aromatic nitrogens is 3. The van der Waals surface area contributed by atoms with Crippen LogP contribution in [0.2, 0.25) is 0 Å². The zero-order valence-corrected chi connectivity index (χ0v) is 25.7. The van der Waals surface area contributed by atoms with Crippen molar-refractivity contribution in [2.45, 2.75) is 43.5 Å². The minimum Gasteiger partial charge on any atom is -1.00 e. The fourth-order valence-electron chi connectivity index (χ4n) is 3.95. The molecular formula is C28H32LiN3O7S2. The molecule has 41 heavy (non-hydrogen) atoms. The van der Waals surface area contributed by atoms with E-state index in [-0.39, 0.29) is 36.9 Å². The molecule has 2 aromatic carbocycles. The largest absolute Gasteiger partial charge is 1.00 e. The second-order valence-electron chi connectivity index (χ2n) is 9.80. The van der Waals surface area contributed by atoms with Crippen molar-refractivity contribution in [3.05, 3.63) is 65.5 Å². The van der Waals surface area contributed by atoms with Crippen molar-refractivity contribution in [2.24, 2.45) is 5.41 Å². The molecule has 0 saturated carbocycles. The van der Waals surface area contributed by atoms with Crippen LogP contribution in [0.15, 0.2) is 58.7 Å². The van der Waals surface area contributed by atoms with Gasteiger partial charge in [0.15, 0.2) is 5.16 Å². The number of pyridine rings is 1. The van der Waals surface area contributed by atoms with Crippen LogP contribution in [0.4, 0.5) is 0 Å². The molecular weight excluding hydrogens is 561 g/mol. The van der Waals surface area contributed by atoms with E-state index >= 15 is 0 Å². The maximum Gasteiger partial charge on any atom is 1.00 e. The molecule has 0 bridgehead atoms. The fraction of sp³-hybridized carbons (Fsp3) is 0.321. The van der Waals surface area contributed by atoms with Gasteiger partial charge in [0.05, 0.1) is 41.3 Å². The zero-order chi connectivity index (χ0) is 29.2. The first kappa shape index (κ1) is 32.3. The van der Waals surface area contributed by atoms with E-state index in [1.807, 2.05) is 13.8 Å². The van der Waals surface area contributed by atoms with Gasteiger partial charge in [0, 0.05) is 29.1 Å². The molecule has 0 aliphatic heterocycles. The van der Waals surface area contributed by atoms with Crippen LogP contribution >= 0.6 is 11.8 Å². The average molecular weight is 594 g/mol. The number of methoxy groups -OCH3 is 2. The van der Waals surface area contributed by atoms with E-state index in [4.69, 9.17) is 14.2 Å². The minimum atomic E-state index is -4.08. The van der Waals surface area contributed by atoms with Crippen LogP contribution in [0.5, 0.6) is 17.2 Å². The van der Waals surface area contributed by atoms with Crippen LogP contribution in [0, 0.1) is 19.3 Å². The van der Waals surface area contributed by atoms with E-state index in [9.17, 15) is 18.3 Å². The van der Waals surface area contributed by atoms with Gasteiger partial charge in [-0.05, 0) is 64.1 Å². The summed E-state index contributed by atoms with van der Waals surface area (Å²) in [4.78, 5) is 20.6. The molecule has 214 valence electrons. The van der Waals surface area contributed by atoms with E-state index in [2.05, 4.69) is 9.97 Å². The Bertz CT molecular complexity index is 1680. The molecule has 0 atom stereocenters. The first-order valence-corrected chi connectivity index (χ1v) is 14.7. The van der Waals surface area contributed by atoms with Crippen LogP contribution in [-0.2, 0) is 20.6 Å². The summed E-state index contributed by atoms with van der Waals surface area (Å²) in [5.74, 6) is 1.03. The molecule has 10 nitrogen and oxygen atoms in total. The number of ether oxygens (including phenoxy) is 3. The molecule has 2 heterocycles. The summed E-state index contributed by atoms with van der Waals surface area (Å²) < 4.78 is 45.6. The summed E-state index contributed by atoms with van der Waals surface area (Å²) in [6, 6.07) is 10.9. The Labute approximate surface area is 257 Å². The Morgan fingerprint density at radius 1 is 1.07 bits per heavy atom. The van der Waals surface area contributed by atoms with Crippen LogP contribution in [0.3, 0.4) is 0 Å². The molecule has 0 spiro atoms. The van der Waals surface area contributed by atoms with Crippen molar-refractivity contribution < 1.29 is 52.8 Å². The molecule has 4 rings (SSSR count). The topological polar surface area (TPSA) is 130 Å². The Hall–Kier alpha value is -3.17. The molecule has 2 aromatic heterocycles. The van der Waals surface area contributed by atoms with Gasteiger partial charge in [0.25, 0.3) is 10.0 Å². The SMILES string of the molecule is COc1ccc2c(c1)nc(SCc1ncc(C)c(OC)c1C)n2S(=O)(=O)c1ccc(OCC(C)(C)C(=O)O)cc1.[H-].[Li+]. The second-order valence-corrected chi connectivity index (χ2v) is 12.5. The second kappa shape index (κ2) is 12.8. The molecule has 0 aliphatic carbocycles. The van der Waals surface area contributed by atoms with Gasteiger partial charge < -0.3 is 20.7 Å². The number of carboxylic acids is 1. The van der Waals surface area contributed by atoms with Gasteiger partial charge in [0.1, 0.15) is 23.9 Å². The summed E-state index contributed by atoms with van der Waals surface area (Å²) in [6.07, 6.45) is 1.73. The van der Waals surface area contributed by atoms with Crippen molar-refractivity contribution in [3.63, 3.8) is 0 Å². The molecule has 0 radical (unpaired) electrons. The van der Waals surface area contributed by atoms with E-state index < -0.39 is 21.4 Å². The number of rotatable bonds is 11. The average Bonchev–Trinajstić information content (AvgIpc) is 3.30.